The minimum absolute atomic E-state index is 0.121. The molecular formula is C36H43F3N2O4. The lowest BCUT2D eigenvalue weighted by Gasteiger charge is -2.56. The van der Waals surface area contributed by atoms with E-state index in [1.165, 1.54) is 12.2 Å². The van der Waals surface area contributed by atoms with Crippen LogP contribution in [-0.2, 0) is 14.9 Å². The summed E-state index contributed by atoms with van der Waals surface area (Å²) in [6, 6.07) is 5.26. The highest BCUT2D eigenvalue weighted by molar-refractivity contribution is 6.02. The number of alkyl halides is 3. The molecule has 6 unspecified atom stereocenters. The summed E-state index contributed by atoms with van der Waals surface area (Å²) in [5.74, 6) is -3.61. The summed E-state index contributed by atoms with van der Waals surface area (Å²) >= 11 is 0. The second kappa shape index (κ2) is 12.6. The molecule has 1 aromatic carbocycles. The first-order valence-electron chi connectivity index (χ1n) is 15.3. The van der Waals surface area contributed by atoms with E-state index in [2.05, 4.69) is 31.4 Å². The summed E-state index contributed by atoms with van der Waals surface area (Å²) in [7, 11) is 1.72. The Morgan fingerprint density at radius 1 is 0.978 bits per heavy atom. The van der Waals surface area contributed by atoms with Gasteiger partial charge in [0.2, 0.25) is 5.67 Å². The highest BCUT2D eigenvalue weighted by atomic mass is 19.2. The number of hydrogen-bond donors (Lipinski definition) is 2. The number of carbonyl (C=O) groups is 2. The van der Waals surface area contributed by atoms with Gasteiger partial charge in [-0.15, -0.1) is 0 Å². The van der Waals surface area contributed by atoms with Crippen LogP contribution < -0.4 is 10.6 Å². The predicted octanol–water partition coefficient (Wildman–Crippen LogP) is 7.21. The van der Waals surface area contributed by atoms with Crippen LogP contribution in [0.15, 0.2) is 90.4 Å². The number of amides is 1. The van der Waals surface area contributed by atoms with Gasteiger partial charge in [-0.3, -0.25) is 9.59 Å². The van der Waals surface area contributed by atoms with Crippen LogP contribution in [0, 0.1) is 0 Å². The van der Waals surface area contributed by atoms with Crippen LogP contribution in [-0.4, -0.2) is 54.2 Å². The van der Waals surface area contributed by atoms with Gasteiger partial charge < -0.3 is 20.1 Å². The van der Waals surface area contributed by atoms with Gasteiger partial charge in [-0.05, 0) is 105 Å². The summed E-state index contributed by atoms with van der Waals surface area (Å²) in [4.78, 5) is 25.1. The van der Waals surface area contributed by atoms with Gasteiger partial charge in [-0.25, -0.2) is 13.2 Å². The van der Waals surface area contributed by atoms with Crippen LogP contribution >= 0.6 is 0 Å². The van der Waals surface area contributed by atoms with Crippen molar-refractivity contribution < 1.29 is 32.2 Å². The Bertz CT molecular complexity index is 1510. The number of likely N-dealkylation sites (N-methyl/N-ethyl adjacent to an activating group) is 1. The Labute approximate surface area is 263 Å². The van der Waals surface area contributed by atoms with E-state index in [9.17, 15) is 9.59 Å². The lowest BCUT2D eigenvalue weighted by molar-refractivity contribution is -0.396. The monoisotopic (exact) mass is 624 g/mol. The summed E-state index contributed by atoms with van der Waals surface area (Å²) in [6.45, 7) is 10.2. The van der Waals surface area contributed by atoms with Crippen molar-refractivity contribution in [3.63, 3.8) is 0 Å². The number of carbonyl (C=O) groups excluding carboxylic acids is 2. The van der Waals surface area contributed by atoms with Crippen LogP contribution in [0.3, 0.4) is 0 Å². The summed E-state index contributed by atoms with van der Waals surface area (Å²) in [6.07, 6.45) is 14.1. The number of aldehydes is 1. The van der Waals surface area contributed by atoms with E-state index in [0.29, 0.717) is 12.0 Å². The van der Waals surface area contributed by atoms with Gasteiger partial charge in [0.15, 0.2) is 18.6 Å². The smallest absolute Gasteiger partial charge is 0.276 e. The first-order chi connectivity index (χ1) is 21.1. The molecule has 6 atom stereocenters. The van der Waals surface area contributed by atoms with E-state index < -0.39 is 40.9 Å². The Morgan fingerprint density at radius 2 is 1.58 bits per heavy atom. The second-order valence-corrected chi connectivity index (χ2v) is 12.7. The van der Waals surface area contributed by atoms with Crippen LogP contribution in [0.5, 0.6) is 0 Å². The topological polar surface area (TPSA) is 76.7 Å². The fraction of sp³-hybridized carbons (Fsp3) is 0.444. The number of rotatable bonds is 11. The maximum atomic E-state index is 16.4. The van der Waals surface area contributed by atoms with E-state index >= 15 is 13.2 Å². The molecule has 6 nitrogen and oxygen atoms in total. The fourth-order valence-electron chi connectivity index (χ4n) is 5.64. The predicted molar refractivity (Wildman–Crippen MR) is 170 cm³/mol. The zero-order valence-corrected chi connectivity index (χ0v) is 26.9. The molecule has 2 N–H and O–H groups in total. The minimum atomic E-state index is -3.12. The zero-order chi connectivity index (χ0) is 33.3. The first kappa shape index (κ1) is 34.2. The van der Waals surface area contributed by atoms with Crippen molar-refractivity contribution in [3.05, 3.63) is 107 Å². The molecule has 1 aromatic rings. The molecule has 0 aromatic heterocycles. The number of hydrogen-bond acceptors (Lipinski definition) is 5. The molecule has 3 aliphatic rings. The van der Waals surface area contributed by atoms with Crippen molar-refractivity contribution in [3.8, 4) is 0 Å². The first-order valence-corrected chi connectivity index (χ1v) is 15.3. The number of ether oxygens (including phenoxy) is 2. The molecule has 1 amide bonds. The lowest BCUT2D eigenvalue weighted by atomic mass is 9.71. The Kier molecular flexibility index (Phi) is 9.57. The Balaban J connectivity index is 1.50. The van der Waals surface area contributed by atoms with E-state index in [4.69, 9.17) is 9.47 Å². The molecule has 0 saturated heterocycles. The van der Waals surface area contributed by atoms with Gasteiger partial charge in [0, 0.05) is 24.0 Å². The highest BCUT2D eigenvalue weighted by Crippen LogP contribution is 2.56. The number of benzene rings is 1. The molecule has 0 spiro atoms. The van der Waals surface area contributed by atoms with Gasteiger partial charge in [0.1, 0.15) is 11.2 Å². The van der Waals surface area contributed by atoms with Crippen molar-refractivity contribution in [1.29, 1.82) is 0 Å². The SMILES string of the molecule is CCC(C)(CC)c1ccc(C(=O)NC2=CC=CC(C)(OC3C(F)C(C)(F)C3(F)OC3(C)C=CC=C(NC)C=C3)C=C2)c(C=O)c1. The maximum Gasteiger partial charge on any atom is 0.276 e. The molecule has 9 heteroatoms. The molecule has 242 valence electrons. The normalized spacial score (nSPS) is 32.6. The van der Waals surface area contributed by atoms with Gasteiger partial charge in [-0.1, -0.05) is 39.0 Å². The molecule has 0 aliphatic heterocycles. The molecule has 0 bridgehead atoms. The molecule has 4 rings (SSSR count). The van der Waals surface area contributed by atoms with E-state index in [-0.39, 0.29) is 16.5 Å². The van der Waals surface area contributed by atoms with E-state index in [0.717, 1.165) is 31.0 Å². The van der Waals surface area contributed by atoms with Gasteiger partial charge in [0.05, 0.1) is 5.56 Å². The number of halogens is 3. The molecule has 3 aliphatic carbocycles. The number of allylic oxidation sites excluding steroid dienone is 6. The van der Waals surface area contributed by atoms with Crippen molar-refractivity contribution >= 4 is 12.2 Å². The van der Waals surface area contributed by atoms with Crippen molar-refractivity contribution in [2.24, 2.45) is 0 Å². The van der Waals surface area contributed by atoms with E-state index in [1.54, 1.807) is 81.6 Å². The quantitative estimate of drug-likeness (QED) is 0.255. The highest BCUT2D eigenvalue weighted by Gasteiger charge is 2.78. The van der Waals surface area contributed by atoms with Gasteiger partial charge in [0.25, 0.3) is 11.8 Å². The minimum Gasteiger partial charge on any atom is -0.388 e. The van der Waals surface area contributed by atoms with E-state index in [1.807, 2.05) is 6.07 Å². The van der Waals surface area contributed by atoms with Crippen LogP contribution in [0.4, 0.5) is 13.2 Å². The third-order valence-electron chi connectivity index (χ3n) is 9.39. The third kappa shape index (κ3) is 6.51. The average molecular weight is 625 g/mol. The average Bonchev–Trinajstić information content (AvgIpc) is 3.33. The number of nitrogens with one attached hydrogen (secondary N) is 2. The lowest BCUT2D eigenvalue weighted by Crippen LogP contribution is -2.78. The third-order valence-corrected chi connectivity index (χ3v) is 9.39. The Morgan fingerprint density at radius 3 is 2.20 bits per heavy atom. The summed E-state index contributed by atoms with van der Waals surface area (Å²) < 4.78 is 58.6. The largest absolute Gasteiger partial charge is 0.388 e. The second-order valence-electron chi connectivity index (χ2n) is 12.7. The molecule has 0 radical (unpaired) electrons. The van der Waals surface area contributed by atoms with Crippen LogP contribution in [0.25, 0.3) is 0 Å². The molecular weight excluding hydrogens is 581 g/mol. The van der Waals surface area contributed by atoms with Crippen LogP contribution in [0.1, 0.15) is 80.7 Å². The van der Waals surface area contributed by atoms with Gasteiger partial charge in [-0.2, -0.15) is 0 Å². The van der Waals surface area contributed by atoms with Crippen molar-refractivity contribution in [1.82, 2.24) is 10.6 Å². The molecule has 45 heavy (non-hydrogen) atoms. The molecule has 1 saturated carbocycles. The van der Waals surface area contributed by atoms with Crippen molar-refractivity contribution in [2.75, 3.05) is 7.05 Å². The molecule has 1 fully saturated rings. The zero-order valence-electron chi connectivity index (χ0n) is 26.9. The Hall–Kier alpha value is -3.69. The molecule has 0 heterocycles. The fourth-order valence-corrected chi connectivity index (χ4v) is 5.64. The summed E-state index contributed by atoms with van der Waals surface area (Å²) in [5.41, 5.74) is -3.31. The standard InChI is InChI=1S/C36H43F3N2O4/c1-8-32(3,9-2)25-14-15-28(24(22-25)23-42)31(43)41-27-13-11-18-33(4,20-17-27)44-30-29(37)35(6,38)36(30,39)45-34(5)19-10-12-26(40-7)16-21-34/h10-23,29-30,40H,8-9H2,1-7H3,(H,41,43). The van der Waals surface area contributed by atoms with Gasteiger partial charge >= 0.3 is 0 Å². The maximum absolute atomic E-state index is 16.4. The summed E-state index contributed by atoms with van der Waals surface area (Å²) in [5, 5.41) is 5.74. The van der Waals surface area contributed by atoms with Crippen molar-refractivity contribution in [2.45, 2.75) is 94.8 Å². The van der Waals surface area contributed by atoms with Crippen LogP contribution in [0.2, 0.25) is 0 Å².